The number of nitrogens with zero attached hydrogens (tertiary/aromatic N) is 1. The molecule has 1 aliphatic carbocycles. The first kappa shape index (κ1) is 19.3. The first-order valence-electron chi connectivity index (χ1n) is 9.18. The van der Waals surface area contributed by atoms with Gasteiger partial charge in [0.05, 0.1) is 11.6 Å². The summed E-state index contributed by atoms with van der Waals surface area (Å²) in [6, 6.07) is 12.8. The largest absolute Gasteiger partial charge is 0.416 e. The van der Waals surface area contributed by atoms with Crippen LogP contribution in [0.5, 0.6) is 0 Å². The summed E-state index contributed by atoms with van der Waals surface area (Å²) < 4.78 is 38.4. The van der Waals surface area contributed by atoms with Crippen LogP contribution in [0.3, 0.4) is 0 Å². The predicted molar refractivity (Wildman–Crippen MR) is 98.2 cm³/mol. The summed E-state index contributed by atoms with van der Waals surface area (Å²) in [5.74, 6) is 0. The summed E-state index contributed by atoms with van der Waals surface area (Å²) in [6.07, 6.45) is -1.56. The maximum Gasteiger partial charge on any atom is 0.416 e. The molecule has 1 unspecified atom stereocenters. The van der Waals surface area contributed by atoms with Gasteiger partial charge in [-0.2, -0.15) is 13.2 Å². The van der Waals surface area contributed by atoms with Crippen LogP contribution in [0.4, 0.5) is 18.0 Å². The summed E-state index contributed by atoms with van der Waals surface area (Å²) in [5.41, 5.74) is 2.36. The van der Waals surface area contributed by atoms with E-state index in [1.54, 1.807) is 4.90 Å². The molecule has 0 fully saturated rings. The fourth-order valence-corrected chi connectivity index (χ4v) is 3.62. The maximum atomic E-state index is 12.8. The fourth-order valence-electron chi connectivity index (χ4n) is 3.62. The third-order valence-corrected chi connectivity index (χ3v) is 4.94. The third kappa shape index (κ3) is 4.43. The Morgan fingerprint density at radius 1 is 1.15 bits per heavy atom. The second-order valence-electron chi connectivity index (χ2n) is 6.76. The first-order valence-corrected chi connectivity index (χ1v) is 9.18. The van der Waals surface area contributed by atoms with E-state index in [1.165, 1.54) is 17.7 Å². The van der Waals surface area contributed by atoms with Gasteiger partial charge in [-0.15, -0.1) is 0 Å². The van der Waals surface area contributed by atoms with Gasteiger partial charge in [-0.1, -0.05) is 36.4 Å². The highest BCUT2D eigenvalue weighted by Crippen LogP contribution is 2.35. The van der Waals surface area contributed by atoms with Gasteiger partial charge in [0, 0.05) is 13.1 Å². The summed E-state index contributed by atoms with van der Waals surface area (Å²) in [7, 11) is 0. The number of carbonyl (C=O) groups is 1. The number of aryl methyl sites for hydroxylation is 1. The van der Waals surface area contributed by atoms with Gasteiger partial charge in [0.15, 0.2) is 0 Å². The minimum absolute atomic E-state index is 0.0798. The smallest absolute Gasteiger partial charge is 0.338 e. The highest BCUT2D eigenvalue weighted by molar-refractivity contribution is 5.75. The van der Waals surface area contributed by atoms with Crippen LogP contribution in [-0.4, -0.2) is 17.5 Å². The van der Waals surface area contributed by atoms with Crippen LogP contribution in [0.15, 0.2) is 48.5 Å². The van der Waals surface area contributed by atoms with Crippen molar-refractivity contribution >= 4 is 6.03 Å². The molecule has 1 N–H and O–H groups in total. The standard InChI is InChI=1S/C21H23F3N2O/c1-2-25-20(27)26(14-15-10-12-17(13-11-15)21(22,23)24)19-9-5-7-16-6-3-4-8-18(16)19/h3-4,6,8,10-13,19H,2,5,7,9,14H2,1H3,(H,25,27). The summed E-state index contributed by atoms with van der Waals surface area (Å²) in [4.78, 5) is 14.5. The second-order valence-corrected chi connectivity index (χ2v) is 6.76. The Morgan fingerprint density at radius 2 is 1.85 bits per heavy atom. The van der Waals surface area contributed by atoms with E-state index in [0.29, 0.717) is 12.1 Å². The van der Waals surface area contributed by atoms with E-state index < -0.39 is 11.7 Å². The number of hydrogen-bond donors (Lipinski definition) is 1. The highest BCUT2D eigenvalue weighted by atomic mass is 19.4. The molecule has 1 atom stereocenters. The third-order valence-electron chi connectivity index (χ3n) is 4.94. The Bertz CT molecular complexity index is 787. The topological polar surface area (TPSA) is 32.3 Å². The number of urea groups is 1. The molecular weight excluding hydrogens is 353 g/mol. The van der Waals surface area contributed by atoms with Gasteiger partial charge in [0.2, 0.25) is 0 Å². The number of rotatable bonds is 4. The maximum absolute atomic E-state index is 12.8. The van der Waals surface area contributed by atoms with Crippen molar-refractivity contribution in [1.29, 1.82) is 0 Å². The van der Waals surface area contributed by atoms with Crippen molar-refractivity contribution in [1.82, 2.24) is 10.2 Å². The van der Waals surface area contributed by atoms with Gasteiger partial charge >= 0.3 is 12.2 Å². The number of hydrogen-bond acceptors (Lipinski definition) is 1. The van der Waals surface area contributed by atoms with Crippen molar-refractivity contribution in [2.45, 2.75) is 44.9 Å². The van der Waals surface area contributed by atoms with Crippen LogP contribution >= 0.6 is 0 Å². The average molecular weight is 376 g/mol. The van der Waals surface area contributed by atoms with Crippen LogP contribution in [0.25, 0.3) is 0 Å². The molecule has 1 aliphatic rings. The lowest BCUT2D eigenvalue weighted by Crippen LogP contribution is -2.42. The molecular formula is C21H23F3N2O. The molecule has 0 radical (unpaired) electrons. The van der Waals surface area contributed by atoms with Gasteiger partial charge in [0.1, 0.15) is 0 Å². The monoisotopic (exact) mass is 376 g/mol. The van der Waals surface area contributed by atoms with E-state index in [4.69, 9.17) is 0 Å². The summed E-state index contributed by atoms with van der Waals surface area (Å²) in [6.45, 7) is 2.61. The number of alkyl halides is 3. The Hall–Kier alpha value is -2.50. The van der Waals surface area contributed by atoms with E-state index in [2.05, 4.69) is 11.4 Å². The summed E-state index contributed by atoms with van der Waals surface area (Å²) in [5, 5.41) is 2.84. The number of amides is 2. The molecule has 6 heteroatoms. The van der Waals surface area contributed by atoms with E-state index in [0.717, 1.165) is 37.0 Å². The quantitative estimate of drug-likeness (QED) is 0.770. The van der Waals surface area contributed by atoms with Gasteiger partial charge in [-0.3, -0.25) is 0 Å². The Labute approximate surface area is 157 Å². The van der Waals surface area contributed by atoms with Gasteiger partial charge < -0.3 is 10.2 Å². The molecule has 2 amide bonds. The zero-order chi connectivity index (χ0) is 19.4. The lowest BCUT2D eigenvalue weighted by Gasteiger charge is -2.36. The zero-order valence-corrected chi connectivity index (χ0v) is 15.2. The number of fused-ring (bicyclic) bond motifs is 1. The van der Waals surface area contributed by atoms with Gasteiger partial charge in [-0.05, 0) is 55.0 Å². The molecule has 3 rings (SSSR count). The Balaban J connectivity index is 1.88. The minimum atomic E-state index is -4.36. The van der Waals surface area contributed by atoms with Crippen molar-refractivity contribution in [2.24, 2.45) is 0 Å². The minimum Gasteiger partial charge on any atom is -0.338 e. The first-order chi connectivity index (χ1) is 12.9. The van der Waals surface area contributed by atoms with Gasteiger partial charge in [0.25, 0.3) is 0 Å². The van der Waals surface area contributed by atoms with E-state index in [1.807, 2.05) is 25.1 Å². The lowest BCUT2D eigenvalue weighted by molar-refractivity contribution is -0.137. The molecule has 0 saturated carbocycles. The molecule has 2 aromatic rings. The molecule has 0 bridgehead atoms. The number of nitrogens with one attached hydrogen (secondary N) is 1. The Morgan fingerprint density at radius 3 is 2.52 bits per heavy atom. The van der Waals surface area contributed by atoms with Crippen LogP contribution in [-0.2, 0) is 19.1 Å². The SMILES string of the molecule is CCNC(=O)N(Cc1ccc(C(F)(F)F)cc1)C1CCCc2ccccc21. The number of benzene rings is 2. The average Bonchev–Trinajstić information content (AvgIpc) is 2.65. The second kappa shape index (κ2) is 8.03. The van der Waals surface area contributed by atoms with Gasteiger partial charge in [-0.25, -0.2) is 4.79 Å². The van der Waals surface area contributed by atoms with E-state index >= 15 is 0 Å². The molecule has 0 saturated heterocycles. The Kier molecular flexibility index (Phi) is 5.73. The highest BCUT2D eigenvalue weighted by Gasteiger charge is 2.31. The zero-order valence-electron chi connectivity index (χ0n) is 15.2. The molecule has 144 valence electrons. The fraction of sp³-hybridized carbons (Fsp3) is 0.381. The summed E-state index contributed by atoms with van der Waals surface area (Å²) >= 11 is 0. The van der Waals surface area contributed by atoms with Crippen LogP contribution in [0.1, 0.15) is 48.1 Å². The molecule has 3 nitrogen and oxygen atoms in total. The lowest BCUT2D eigenvalue weighted by atomic mass is 9.86. The molecule has 0 aromatic heterocycles. The van der Waals surface area contributed by atoms with Crippen molar-refractivity contribution in [3.05, 3.63) is 70.8 Å². The number of halogens is 3. The molecule has 0 heterocycles. The van der Waals surface area contributed by atoms with Crippen molar-refractivity contribution in [2.75, 3.05) is 6.54 Å². The van der Waals surface area contributed by atoms with Crippen molar-refractivity contribution < 1.29 is 18.0 Å². The van der Waals surface area contributed by atoms with Crippen LogP contribution in [0.2, 0.25) is 0 Å². The van der Waals surface area contributed by atoms with Crippen LogP contribution in [0, 0.1) is 0 Å². The van der Waals surface area contributed by atoms with Crippen molar-refractivity contribution in [3.63, 3.8) is 0 Å². The van der Waals surface area contributed by atoms with E-state index in [9.17, 15) is 18.0 Å². The van der Waals surface area contributed by atoms with Crippen molar-refractivity contribution in [3.8, 4) is 0 Å². The van der Waals surface area contributed by atoms with E-state index in [-0.39, 0.29) is 18.6 Å². The number of carbonyl (C=O) groups excluding carboxylic acids is 1. The molecule has 2 aromatic carbocycles. The molecule has 0 spiro atoms. The normalized spacial score (nSPS) is 16.5. The molecule has 0 aliphatic heterocycles. The molecule has 27 heavy (non-hydrogen) atoms. The predicted octanol–water partition coefficient (Wildman–Crippen LogP) is 5.31. The van der Waals surface area contributed by atoms with Crippen LogP contribution < -0.4 is 5.32 Å².